The van der Waals surface area contributed by atoms with Gasteiger partial charge < -0.3 is 14.3 Å². The van der Waals surface area contributed by atoms with Gasteiger partial charge in [0.05, 0.1) is 17.1 Å². The van der Waals surface area contributed by atoms with Gasteiger partial charge in [0.1, 0.15) is 15.8 Å². The molecule has 1 aromatic heterocycles. The van der Waals surface area contributed by atoms with E-state index in [1.54, 1.807) is 42.2 Å². The number of aliphatic carboxylic acids is 1. The molecular formula is C28H33NO6S2. The van der Waals surface area contributed by atoms with Gasteiger partial charge in [0.25, 0.3) is 5.91 Å². The number of furan rings is 1. The number of esters is 1. The van der Waals surface area contributed by atoms with Crippen molar-refractivity contribution in [2.75, 3.05) is 13.2 Å². The minimum atomic E-state index is -0.723. The minimum absolute atomic E-state index is 0.0924. The van der Waals surface area contributed by atoms with Crippen molar-refractivity contribution in [1.29, 1.82) is 0 Å². The maximum Gasteiger partial charge on any atom is 0.338 e. The Morgan fingerprint density at radius 1 is 1.00 bits per heavy atom. The topological polar surface area (TPSA) is 97.0 Å². The summed E-state index contributed by atoms with van der Waals surface area (Å²) in [7, 11) is 0. The summed E-state index contributed by atoms with van der Waals surface area (Å²) in [6.07, 6.45) is 10.0. The summed E-state index contributed by atoms with van der Waals surface area (Å²) in [5, 5.41) is 8.65. The van der Waals surface area contributed by atoms with Crippen LogP contribution in [0, 0.1) is 0 Å². The molecule has 0 saturated carbocycles. The van der Waals surface area contributed by atoms with Gasteiger partial charge >= 0.3 is 11.9 Å². The van der Waals surface area contributed by atoms with Crippen LogP contribution < -0.4 is 0 Å². The Morgan fingerprint density at radius 3 is 2.30 bits per heavy atom. The molecule has 9 heteroatoms. The van der Waals surface area contributed by atoms with Crippen LogP contribution in [0.4, 0.5) is 0 Å². The van der Waals surface area contributed by atoms with E-state index in [2.05, 4.69) is 0 Å². The number of carboxylic acid groups (broad SMARTS) is 1. The Balaban J connectivity index is 1.44. The molecule has 0 aliphatic carbocycles. The molecule has 0 spiro atoms. The number of unbranched alkanes of at least 4 members (excludes halogenated alkanes) is 7. The second-order valence-electron chi connectivity index (χ2n) is 8.81. The van der Waals surface area contributed by atoms with Crippen molar-refractivity contribution in [3.63, 3.8) is 0 Å². The van der Waals surface area contributed by atoms with Crippen LogP contribution in [0.25, 0.3) is 17.4 Å². The van der Waals surface area contributed by atoms with E-state index < -0.39 is 5.97 Å². The number of thioether (sulfide) groups is 1. The number of hydrogen-bond donors (Lipinski definition) is 1. The molecular weight excluding hydrogens is 510 g/mol. The summed E-state index contributed by atoms with van der Waals surface area (Å²) in [6, 6.07) is 10.6. The molecule has 1 saturated heterocycles. The number of rotatable bonds is 15. The lowest BCUT2D eigenvalue weighted by atomic mass is 10.1. The van der Waals surface area contributed by atoms with Crippen molar-refractivity contribution in [2.45, 2.75) is 64.7 Å². The van der Waals surface area contributed by atoms with E-state index in [4.69, 9.17) is 26.5 Å². The molecule has 0 atom stereocenters. The normalized spacial score (nSPS) is 14.5. The fourth-order valence-corrected chi connectivity index (χ4v) is 5.29. The van der Waals surface area contributed by atoms with Crippen LogP contribution in [0.5, 0.6) is 0 Å². The van der Waals surface area contributed by atoms with Crippen LogP contribution in [0.15, 0.2) is 45.7 Å². The van der Waals surface area contributed by atoms with E-state index in [1.807, 2.05) is 12.1 Å². The highest BCUT2D eigenvalue weighted by Gasteiger charge is 2.31. The van der Waals surface area contributed by atoms with Gasteiger partial charge in [-0.15, -0.1) is 0 Å². The van der Waals surface area contributed by atoms with Crippen molar-refractivity contribution in [1.82, 2.24) is 4.90 Å². The van der Waals surface area contributed by atoms with E-state index in [9.17, 15) is 14.4 Å². The van der Waals surface area contributed by atoms with Gasteiger partial charge in [-0.05, 0) is 44.0 Å². The van der Waals surface area contributed by atoms with Gasteiger partial charge in [-0.25, -0.2) is 4.79 Å². The fraction of sp³-hybridized carbons (Fsp3) is 0.429. The van der Waals surface area contributed by atoms with Gasteiger partial charge in [-0.2, -0.15) is 0 Å². The number of carbonyl (C=O) groups is 3. The highest BCUT2D eigenvalue weighted by Crippen LogP contribution is 2.34. The highest BCUT2D eigenvalue weighted by atomic mass is 32.2. The molecule has 2 heterocycles. The average molecular weight is 544 g/mol. The Kier molecular flexibility index (Phi) is 11.4. The number of carbonyl (C=O) groups excluding carboxylic acids is 2. The number of thiocarbonyl (C=S) groups is 1. The first kappa shape index (κ1) is 28.7. The Morgan fingerprint density at radius 2 is 1.65 bits per heavy atom. The Bertz CT molecular complexity index is 1120. The lowest BCUT2D eigenvalue weighted by Gasteiger charge is -2.14. The quantitative estimate of drug-likeness (QED) is 0.112. The smallest absolute Gasteiger partial charge is 0.338 e. The minimum Gasteiger partial charge on any atom is -0.481 e. The Hall–Kier alpha value is -2.91. The monoisotopic (exact) mass is 543 g/mol. The SMILES string of the molecule is CCOC(=O)c1ccc(-c2ccc(C=C3SC(=S)N(CCCCCCCCCCC(=O)O)C3=O)o2)cc1. The molecule has 0 bridgehead atoms. The first-order valence-corrected chi connectivity index (χ1v) is 14.0. The first-order valence-electron chi connectivity index (χ1n) is 12.7. The van der Waals surface area contributed by atoms with Crippen LogP contribution in [-0.2, 0) is 14.3 Å². The first-order chi connectivity index (χ1) is 17.9. The lowest BCUT2D eigenvalue weighted by molar-refractivity contribution is -0.137. The van der Waals surface area contributed by atoms with Crippen LogP contribution >= 0.6 is 24.0 Å². The number of nitrogens with zero attached hydrogens (tertiary/aromatic N) is 1. The molecule has 2 aromatic rings. The molecule has 198 valence electrons. The molecule has 1 amide bonds. The second-order valence-corrected chi connectivity index (χ2v) is 10.5. The third kappa shape index (κ3) is 8.86. The number of carboxylic acids is 1. The summed E-state index contributed by atoms with van der Waals surface area (Å²) in [4.78, 5) is 37.4. The predicted octanol–water partition coefficient (Wildman–Crippen LogP) is 6.92. The molecule has 3 rings (SSSR count). The summed E-state index contributed by atoms with van der Waals surface area (Å²) in [6.45, 7) is 2.70. The van der Waals surface area contributed by atoms with Crippen LogP contribution in [-0.4, -0.2) is 45.3 Å². The third-order valence-corrected chi connectivity index (χ3v) is 7.35. The summed E-state index contributed by atoms with van der Waals surface area (Å²) >= 11 is 6.73. The maximum absolute atomic E-state index is 12.9. The third-order valence-electron chi connectivity index (χ3n) is 5.98. The van der Waals surface area contributed by atoms with Gasteiger partial charge in [-0.1, -0.05) is 74.6 Å². The van der Waals surface area contributed by atoms with E-state index >= 15 is 0 Å². The largest absolute Gasteiger partial charge is 0.481 e. The van der Waals surface area contributed by atoms with Crippen molar-refractivity contribution >= 4 is 52.2 Å². The van der Waals surface area contributed by atoms with E-state index in [-0.39, 0.29) is 18.3 Å². The van der Waals surface area contributed by atoms with E-state index in [0.717, 1.165) is 56.9 Å². The zero-order valence-electron chi connectivity index (χ0n) is 21.1. The summed E-state index contributed by atoms with van der Waals surface area (Å²) < 4.78 is 11.5. The predicted molar refractivity (Wildman–Crippen MR) is 149 cm³/mol. The molecule has 1 aromatic carbocycles. The van der Waals surface area contributed by atoms with Gasteiger partial charge in [0.2, 0.25) is 0 Å². The van der Waals surface area contributed by atoms with Crippen molar-refractivity contribution < 1.29 is 28.6 Å². The van der Waals surface area contributed by atoms with Crippen LogP contribution in [0.2, 0.25) is 0 Å². The second kappa shape index (κ2) is 14.7. The molecule has 0 radical (unpaired) electrons. The zero-order valence-corrected chi connectivity index (χ0v) is 22.7. The molecule has 0 unspecified atom stereocenters. The molecule has 37 heavy (non-hydrogen) atoms. The molecule has 1 aliphatic rings. The summed E-state index contributed by atoms with van der Waals surface area (Å²) in [5.41, 5.74) is 1.30. The highest BCUT2D eigenvalue weighted by molar-refractivity contribution is 8.26. The number of ether oxygens (including phenoxy) is 1. The summed E-state index contributed by atoms with van der Waals surface area (Å²) in [5.74, 6) is 0.0254. The number of amides is 1. The molecule has 1 N–H and O–H groups in total. The van der Waals surface area contributed by atoms with Crippen LogP contribution in [0.1, 0.15) is 80.8 Å². The van der Waals surface area contributed by atoms with Gasteiger partial charge in [-0.3, -0.25) is 14.5 Å². The van der Waals surface area contributed by atoms with Crippen LogP contribution in [0.3, 0.4) is 0 Å². The zero-order chi connectivity index (χ0) is 26.6. The average Bonchev–Trinajstić information content (AvgIpc) is 3.45. The number of hydrogen-bond acceptors (Lipinski definition) is 7. The number of benzene rings is 1. The fourth-order valence-electron chi connectivity index (χ4n) is 4.00. The standard InChI is InChI=1S/C28H33NO6S2/c1-2-34-27(33)21-14-12-20(13-15-21)23-17-16-22(35-23)19-24-26(32)29(28(36)37-24)18-10-8-6-4-3-5-7-9-11-25(30)31/h12-17,19H,2-11,18H2,1H3,(H,30,31). The molecule has 1 fully saturated rings. The molecule has 1 aliphatic heterocycles. The van der Waals surface area contributed by atoms with Gasteiger partial charge in [0.15, 0.2) is 0 Å². The van der Waals surface area contributed by atoms with Gasteiger partial charge in [0, 0.05) is 24.6 Å². The maximum atomic E-state index is 12.9. The lowest BCUT2D eigenvalue weighted by Crippen LogP contribution is -2.28. The van der Waals surface area contributed by atoms with Crippen molar-refractivity contribution in [3.05, 3.63) is 52.6 Å². The van der Waals surface area contributed by atoms with E-state index in [0.29, 0.717) is 39.5 Å². The van der Waals surface area contributed by atoms with Crippen molar-refractivity contribution in [3.8, 4) is 11.3 Å². The Labute approximate surface area is 227 Å². The van der Waals surface area contributed by atoms with E-state index in [1.165, 1.54) is 11.8 Å². The van der Waals surface area contributed by atoms with Crippen molar-refractivity contribution in [2.24, 2.45) is 0 Å². The molecule has 7 nitrogen and oxygen atoms in total.